The number of esters is 1. The van der Waals surface area contributed by atoms with Crippen molar-refractivity contribution in [2.75, 3.05) is 20.2 Å². The highest BCUT2D eigenvalue weighted by atomic mass is 79.9. The molecule has 0 N–H and O–H groups in total. The maximum absolute atomic E-state index is 12.1. The zero-order valence-electron chi connectivity index (χ0n) is 9.34. The number of likely N-dealkylation sites (N-methyl/N-ethyl adjacent to an activating group) is 1. The Hall–Kier alpha value is -0.440. The van der Waals surface area contributed by atoms with E-state index in [0.29, 0.717) is 0 Å². The molecule has 5 nitrogen and oxygen atoms in total. The number of thiophene rings is 1. The van der Waals surface area contributed by atoms with Gasteiger partial charge >= 0.3 is 5.97 Å². The minimum Gasteiger partial charge on any atom is -0.468 e. The lowest BCUT2D eigenvalue weighted by molar-refractivity contribution is -0.140. The molecule has 1 aromatic heterocycles. The first-order valence-electron chi connectivity index (χ1n) is 4.74. The molecular formula is C9H12BrNO4S2. The molecule has 0 aliphatic heterocycles. The average molecular weight is 342 g/mol. The van der Waals surface area contributed by atoms with Crippen LogP contribution in [0, 0.1) is 0 Å². The van der Waals surface area contributed by atoms with Crippen molar-refractivity contribution in [2.45, 2.75) is 11.1 Å². The number of nitrogens with zero attached hydrogens (tertiary/aromatic N) is 1. The lowest BCUT2D eigenvalue weighted by atomic mass is 10.6. The summed E-state index contributed by atoms with van der Waals surface area (Å²) in [6.07, 6.45) is 0. The summed E-state index contributed by atoms with van der Waals surface area (Å²) in [5.41, 5.74) is 0. The molecule has 0 aliphatic carbocycles. The van der Waals surface area contributed by atoms with Crippen molar-refractivity contribution in [1.82, 2.24) is 4.31 Å². The normalized spacial score (nSPS) is 11.8. The highest BCUT2D eigenvalue weighted by Crippen LogP contribution is 2.28. The highest BCUT2D eigenvalue weighted by molar-refractivity contribution is 9.11. The number of carbonyl (C=O) groups excluding carboxylic acids is 1. The number of methoxy groups -OCH3 is 1. The van der Waals surface area contributed by atoms with Gasteiger partial charge in [0.2, 0.25) is 0 Å². The molecule has 0 aromatic carbocycles. The maximum Gasteiger partial charge on any atom is 0.321 e. The third-order valence-electron chi connectivity index (χ3n) is 2.03. The third kappa shape index (κ3) is 3.51. The van der Waals surface area contributed by atoms with E-state index in [4.69, 9.17) is 0 Å². The fraction of sp³-hybridized carbons (Fsp3) is 0.444. The fourth-order valence-corrected chi connectivity index (χ4v) is 4.70. The first kappa shape index (κ1) is 14.6. The second-order valence-corrected chi connectivity index (χ2v) is 7.69. The van der Waals surface area contributed by atoms with Crippen LogP contribution in [-0.4, -0.2) is 38.9 Å². The Morgan fingerprint density at radius 1 is 1.53 bits per heavy atom. The Morgan fingerprint density at radius 2 is 2.18 bits per heavy atom. The van der Waals surface area contributed by atoms with Crippen molar-refractivity contribution < 1.29 is 17.9 Å². The Kier molecular flexibility index (Phi) is 5.11. The molecule has 0 saturated heterocycles. The molecular weight excluding hydrogens is 330 g/mol. The number of hydrogen-bond donors (Lipinski definition) is 0. The van der Waals surface area contributed by atoms with Gasteiger partial charge in [-0.25, -0.2) is 8.42 Å². The molecule has 0 radical (unpaired) electrons. The first-order chi connectivity index (χ1) is 7.91. The molecule has 0 atom stereocenters. The van der Waals surface area contributed by atoms with Crippen molar-refractivity contribution >= 4 is 43.3 Å². The van der Waals surface area contributed by atoms with Crippen LogP contribution in [0.25, 0.3) is 0 Å². The topological polar surface area (TPSA) is 63.7 Å². The van der Waals surface area contributed by atoms with Gasteiger partial charge in [-0.15, -0.1) is 11.3 Å². The molecule has 96 valence electrons. The van der Waals surface area contributed by atoms with Gasteiger partial charge in [0, 0.05) is 6.54 Å². The number of ether oxygens (including phenoxy) is 1. The summed E-state index contributed by atoms with van der Waals surface area (Å²) in [6.45, 7) is 1.61. The van der Waals surface area contributed by atoms with Crippen molar-refractivity contribution in [3.63, 3.8) is 0 Å². The van der Waals surface area contributed by atoms with E-state index in [1.807, 2.05) is 0 Å². The smallest absolute Gasteiger partial charge is 0.321 e. The van der Waals surface area contributed by atoms with Gasteiger partial charge in [-0.1, -0.05) is 6.92 Å². The standard InChI is InChI=1S/C9H12BrNO4S2/c1-3-11(6-8(12)15-2)17(13,14)9-5-4-7(10)16-9/h4-5H,3,6H2,1-2H3. The molecule has 1 aromatic rings. The summed E-state index contributed by atoms with van der Waals surface area (Å²) in [6, 6.07) is 3.16. The van der Waals surface area contributed by atoms with E-state index in [9.17, 15) is 13.2 Å². The van der Waals surface area contributed by atoms with E-state index in [1.54, 1.807) is 13.0 Å². The van der Waals surface area contributed by atoms with Crippen LogP contribution in [-0.2, 0) is 19.6 Å². The van der Waals surface area contributed by atoms with Gasteiger partial charge < -0.3 is 4.74 Å². The summed E-state index contributed by atoms with van der Waals surface area (Å²) >= 11 is 4.31. The quantitative estimate of drug-likeness (QED) is 0.764. The largest absolute Gasteiger partial charge is 0.468 e. The van der Waals surface area contributed by atoms with Crippen LogP contribution in [0.5, 0.6) is 0 Å². The molecule has 0 fully saturated rings. The summed E-state index contributed by atoms with van der Waals surface area (Å²) in [7, 11) is -2.39. The predicted octanol–water partition coefficient (Wildman–Crippen LogP) is 1.69. The van der Waals surface area contributed by atoms with Crippen LogP contribution in [0.3, 0.4) is 0 Å². The predicted molar refractivity (Wildman–Crippen MR) is 68.5 cm³/mol. The number of carbonyl (C=O) groups is 1. The van der Waals surface area contributed by atoms with Crippen LogP contribution < -0.4 is 0 Å². The van der Waals surface area contributed by atoms with Gasteiger partial charge in [-0.05, 0) is 28.1 Å². The maximum atomic E-state index is 12.1. The van der Waals surface area contributed by atoms with Crippen LogP contribution in [0.2, 0.25) is 0 Å². The van der Waals surface area contributed by atoms with Crippen molar-refractivity contribution in [3.05, 3.63) is 15.9 Å². The lowest BCUT2D eigenvalue weighted by Crippen LogP contribution is -2.35. The molecule has 0 amide bonds. The Bertz CT molecular complexity index is 497. The van der Waals surface area contributed by atoms with Gasteiger partial charge in [0.1, 0.15) is 10.8 Å². The van der Waals surface area contributed by atoms with Crippen molar-refractivity contribution in [3.8, 4) is 0 Å². The molecule has 0 unspecified atom stereocenters. The van der Waals surface area contributed by atoms with E-state index in [-0.39, 0.29) is 17.3 Å². The van der Waals surface area contributed by atoms with Crippen LogP contribution in [0.1, 0.15) is 6.92 Å². The van der Waals surface area contributed by atoms with Crippen molar-refractivity contribution in [1.29, 1.82) is 0 Å². The number of halogens is 1. The summed E-state index contributed by atoms with van der Waals surface area (Å²) in [5, 5.41) is 0. The van der Waals surface area contributed by atoms with E-state index < -0.39 is 16.0 Å². The molecule has 0 aliphatic rings. The van der Waals surface area contributed by atoms with Gasteiger partial charge in [-0.2, -0.15) is 4.31 Å². The van der Waals surface area contributed by atoms with Crippen LogP contribution >= 0.6 is 27.3 Å². The average Bonchev–Trinajstić information content (AvgIpc) is 2.72. The monoisotopic (exact) mass is 341 g/mol. The zero-order chi connectivity index (χ0) is 13.1. The van der Waals surface area contributed by atoms with Crippen LogP contribution in [0.15, 0.2) is 20.1 Å². The second-order valence-electron chi connectivity index (χ2n) is 3.07. The van der Waals surface area contributed by atoms with Gasteiger partial charge in [0.05, 0.1) is 10.9 Å². The summed E-state index contributed by atoms with van der Waals surface area (Å²) < 4.78 is 30.8. The Morgan fingerprint density at radius 3 is 2.59 bits per heavy atom. The molecule has 1 heterocycles. The highest BCUT2D eigenvalue weighted by Gasteiger charge is 2.26. The molecule has 0 bridgehead atoms. The number of sulfonamides is 1. The van der Waals surface area contributed by atoms with E-state index in [2.05, 4.69) is 20.7 Å². The Labute approximate surface area is 113 Å². The third-order valence-corrected chi connectivity index (χ3v) is 6.04. The molecule has 17 heavy (non-hydrogen) atoms. The van der Waals surface area contributed by atoms with Crippen molar-refractivity contribution in [2.24, 2.45) is 0 Å². The fourth-order valence-electron chi connectivity index (χ4n) is 1.14. The van der Waals surface area contributed by atoms with Gasteiger partial charge in [0.15, 0.2) is 0 Å². The minimum absolute atomic E-state index is 0.204. The first-order valence-corrected chi connectivity index (χ1v) is 7.79. The van der Waals surface area contributed by atoms with E-state index >= 15 is 0 Å². The summed E-state index contributed by atoms with van der Waals surface area (Å²) in [4.78, 5) is 11.1. The molecule has 1 rings (SSSR count). The van der Waals surface area contributed by atoms with Gasteiger partial charge in [-0.3, -0.25) is 4.79 Å². The SMILES string of the molecule is CCN(CC(=O)OC)S(=O)(=O)c1ccc(Br)s1. The van der Waals surface area contributed by atoms with Crippen LogP contribution in [0.4, 0.5) is 0 Å². The number of rotatable bonds is 5. The Balaban J connectivity index is 2.98. The molecule has 8 heteroatoms. The lowest BCUT2D eigenvalue weighted by Gasteiger charge is -2.17. The van der Waals surface area contributed by atoms with E-state index in [0.717, 1.165) is 19.4 Å². The zero-order valence-corrected chi connectivity index (χ0v) is 12.6. The van der Waals surface area contributed by atoms with Gasteiger partial charge in [0.25, 0.3) is 10.0 Å². The molecule has 0 saturated carbocycles. The summed E-state index contributed by atoms with van der Waals surface area (Å²) in [5.74, 6) is -0.578. The second kappa shape index (κ2) is 5.94. The molecule has 0 spiro atoms. The number of hydrogen-bond acceptors (Lipinski definition) is 5. The van der Waals surface area contributed by atoms with E-state index in [1.165, 1.54) is 13.2 Å². The minimum atomic E-state index is -3.61.